The minimum absolute atomic E-state index is 0.224. The molecule has 1 aliphatic heterocycles. The van der Waals surface area contributed by atoms with Crippen molar-refractivity contribution in [1.82, 2.24) is 14.9 Å². The lowest BCUT2D eigenvalue weighted by molar-refractivity contribution is -0.146. The molecule has 2 aromatic rings. The number of piperidine rings is 1. The third-order valence-electron chi connectivity index (χ3n) is 5.02. The van der Waals surface area contributed by atoms with Gasteiger partial charge in [0, 0.05) is 12.2 Å². The van der Waals surface area contributed by atoms with E-state index in [0.29, 0.717) is 23.8 Å². The SMILES string of the molecule is Cc1cc(NC(=O)C(=O)N2C[C@H](C)CC[C@H]2c2ccc(N)cn2)cnc1C. The summed E-state index contributed by atoms with van der Waals surface area (Å²) in [6, 6.07) is 5.18. The summed E-state index contributed by atoms with van der Waals surface area (Å²) in [6.07, 6.45) is 4.88. The van der Waals surface area contributed by atoms with Crippen LogP contribution < -0.4 is 11.1 Å². The van der Waals surface area contributed by atoms with Crippen molar-refractivity contribution in [3.05, 3.63) is 47.5 Å². The predicted molar refractivity (Wildman–Crippen MR) is 104 cm³/mol. The first-order valence-corrected chi connectivity index (χ1v) is 9.11. The van der Waals surface area contributed by atoms with E-state index in [4.69, 9.17) is 5.73 Å². The van der Waals surface area contributed by atoms with Gasteiger partial charge in [0.05, 0.1) is 35.5 Å². The Morgan fingerprint density at radius 1 is 1.19 bits per heavy atom. The molecule has 0 saturated carbocycles. The van der Waals surface area contributed by atoms with Crippen LogP contribution in [-0.4, -0.2) is 33.2 Å². The summed E-state index contributed by atoms with van der Waals surface area (Å²) >= 11 is 0. The Morgan fingerprint density at radius 3 is 2.63 bits per heavy atom. The number of anilines is 2. The van der Waals surface area contributed by atoms with E-state index in [1.165, 1.54) is 0 Å². The number of pyridine rings is 2. The molecule has 1 fully saturated rings. The third-order valence-corrected chi connectivity index (χ3v) is 5.02. The average molecular weight is 367 g/mol. The number of likely N-dealkylation sites (tertiary alicyclic amines) is 1. The smallest absolute Gasteiger partial charge is 0.313 e. The Hall–Kier alpha value is -2.96. The van der Waals surface area contributed by atoms with Crippen molar-refractivity contribution in [3.8, 4) is 0 Å². The van der Waals surface area contributed by atoms with Crippen LogP contribution in [0.1, 0.15) is 42.8 Å². The maximum absolute atomic E-state index is 12.9. The number of rotatable bonds is 2. The van der Waals surface area contributed by atoms with Crippen molar-refractivity contribution in [2.75, 3.05) is 17.6 Å². The highest BCUT2D eigenvalue weighted by Crippen LogP contribution is 2.32. The Bertz CT molecular complexity index is 850. The van der Waals surface area contributed by atoms with E-state index in [2.05, 4.69) is 22.2 Å². The predicted octanol–water partition coefficient (Wildman–Crippen LogP) is 2.61. The van der Waals surface area contributed by atoms with E-state index in [0.717, 1.165) is 29.8 Å². The van der Waals surface area contributed by atoms with Crippen LogP contribution in [0.2, 0.25) is 0 Å². The van der Waals surface area contributed by atoms with Gasteiger partial charge in [0.2, 0.25) is 0 Å². The van der Waals surface area contributed by atoms with Gasteiger partial charge in [-0.05, 0) is 56.4 Å². The Morgan fingerprint density at radius 2 is 1.96 bits per heavy atom. The van der Waals surface area contributed by atoms with Crippen molar-refractivity contribution >= 4 is 23.2 Å². The molecule has 3 rings (SSSR count). The summed E-state index contributed by atoms with van der Waals surface area (Å²) in [6.45, 7) is 6.41. The fraction of sp³-hybridized carbons (Fsp3) is 0.400. The molecule has 2 atom stereocenters. The van der Waals surface area contributed by atoms with Gasteiger partial charge in [-0.3, -0.25) is 19.6 Å². The molecular weight excluding hydrogens is 342 g/mol. The molecule has 0 unspecified atom stereocenters. The molecular formula is C20H25N5O2. The summed E-state index contributed by atoms with van der Waals surface area (Å²) in [4.78, 5) is 35.7. The molecule has 3 heterocycles. The quantitative estimate of drug-likeness (QED) is 0.795. The lowest BCUT2D eigenvalue weighted by Gasteiger charge is -2.37. The second-order valence-electron chi connectivity index (χ2n) is 7.25. The minimum atomic E-state index is -0.658. The molecule has 7 nitrogen and oxygen atoms in total. The maximum atomic E-state index is 12.9. The highest BCUT2D eigenvalue weighted by molar-refractivity contribution is 6.39. The Kier molecular flexibility index (Phi) is 5.39. The molecule has 7 heteroatoms. The summed E-state index contributed by atoms with van der Waals surface area (Å²) in [7, 11) is 0. The normalized spacial score (nSPS) is 19.6. The molecule has 1 aliphatic rings. The number of nitrogens with one attached hydrogen (secondary N) is 1. The summed E-state index contributed by atoms with van der Waals surface area (Å²) in [5, 5.41) is 2.67. The van der Waals surface area contributed by atoms with Gasteiger partial charge >= 0.3 is 11.8 Å². The number of nitrogen functional groups attached to an aromatic ring is 1. The van der Waals surface area contributed by atoms with Crippen LogP contribution in [0.25, 0.3) is 0 Å². The second kappa shape index (κ2) is 7.73. The number of hydrogen-bond acceptors (Lipinski definition) is 5. The van der Waals surface area contributed by atoms with Gasteiger partial charge in [0.1, 0.15) is 0 Å². The molecule has 2 amide bonds. The lowest BCUT2D eigenvalue weighted by Crippen LogP contribution is -2.46. The summed E-state index contributed by atoms with van der Waals surface area (Å²) in [5.74, 6) is -0.881. The highest BCUT2D eigenvalue weighted by atomic mass is 16.2. The molecule has 0 aliphatic carbocycles. The van der Waals surface area contributed by atoms with Gasteiger partial charge < -0.3 is 16.0 Å². The standard InChI is InChI=1S/C20H25N5O2/c1-12-4-7-18(17-6-5-15(21)9-23-17)25(11-12)20(27)19(26)24-16-8-13(2)14(3)22-10-16/h5-6,8-10,12,18H,4,7,11,21H2,1-3H3,(H,24,26)/t12-,18+/m1/s1. The van der Waals surface area contributed by atoms with E-state index in [1.54, 1.807) is 23.4 Å². The zero-order valence-corrected chi connectivity index (χ0v) is 15.9. The largest absolute Gasteiger partial charge is 0.397 e. The van der Waals surface area contributed by atoms with Crippen LogP contribution >= 0.6 is 0 Å². The molecule has 0 bridgehead atoms. The number of carbonyl (C=O) groups is 2. The molecule has 0 radical (unpaired) electrons. The first-order chi connectivity index (χ1) is 12.8. The van der Waals surface area contributed by atoms with Crippen molar-refractivity contribution < 1.29 is 9.59 Å². The van der Waals surface area contributed by atoms with E-state index in [-0.39, 0.29) is 6.04 Å². The molecule has 0 spiro atoms. The van der Waals surface area contributed by atoms with E-state index >= 15 is 0 Å². The Balaban J connectivity index is 1.79. The topological polar surface area (TPSA) is 101 Å². The number of aryl methyl sites for hydroxylation is 2. The van der Waals surface area contributed by atoms with Crippen LogP contribution in [0.3, 0.4) is 0 Å². The van der Waals surface area contributed by atoms with Crippen LogP contribution in [0.5, 0.6) is 0 Å². The van der Waals surface area contributed by atoms with Gasteiger partial charge in [0.25, 0.3) is 0 Å². The highest BCUT2D eigenvalue weighted by Gasteiger charge is 2.34. The van der Waals surface area contributed by atoms with Gasteiger partial charge in [-0.15, -0.1) is 0 Å². The third kappa shape index (κ3) is 4.24. The van der Waals surface area contributed by atoms with Crippen LogP contribution in [0.4, 0.5) is 11.4 Å². The molecule has 142 valence electrons. The Labute approximate surface area is 159 Å². The second-order valence-corrected chi connectivity index (χ2v) is 7.25. The monoisotopic (exact) mass is 367 g/mol. The number of hydrogen-bond donors (Lipinski definition) is 2. The number of carbonyl (C=O) groups excluding carboxylic acids is 2. The zero-order valence-electron chi connectivity index (χ0n) is 15.9. The minimum Gasteiger partial charge on any atom is -0.397 e. The average Bonchev–Trinajstić information content (AvgIpc) is 2.65. The van der Waals surface area contributed by atoms with Gasteiger partial charge in [-0.1, -0.05) is 6.92 Å². The molecule has 1 saturated heterocycles. The fourth-order valence-corrected chi connectivity index (χ4v) is 3.32. The van der Waals surface area contributed by atoms with Crippen LogP contribution in [0.15, 0.2) is 30.6 Å². The van der Waals surface area contributed by atoms with Crippen molar-refractivity contribution in [3.63, 3.8) is 0 Å². The molecule has 27 heavy (non-hydrogen) atoms. The lowest BCUT2D eigenvalue weighted by atomic mass is 9.92. The van der Waals surface area contributed by atoms with Crippen LogP contribution in [0, 0.1) is 19.8 Å². The van der Waals surface area contributed by atoms with Crippen molar-refractivity contribution in [2.24, 2.45) is 5.92 Å². The summed E-state index contributed by atoms with van der Waals surface area (Å²) < 4.78 is 0. The molecule has 3 N–H and O–H groups in total. The first kappa shape index (κ1) is 18.8. The van der Waals surface area contributed by atoms with E-state index in [9.17, 15) is 9.59 Å². The number of amides is 2. The number of nitrogens with two attached hydrogens (primary N) is 1. The molecule has 2 aromatic heterocycles. The van der Waals surface area contributed by atoms with E-state index in [1.807, 2.05) is 26.0 Å². The molecule has 0 aromatic carbocycles. The number of nitrogens with zero attached hydrogens (tertiary/aromatic N) is 3. The first-order valence-electron chi connectivity index (χ1n) is 9.11. The van der Waals surface area contributed by atoms with Gasteiger partial charge in [-0.2, -0.15) is 0 Å². The van der Waals surface area contributed by atoms with Crippen LogP contribution in [-0.2, 0) is 9.59 Å². The fourth-order valence-electron chi connectivity index (χ4n) is 3.32. The van der Waals surface area contributed by atoms with Gasteiger partial charge in [0.15, 0.2) is 0 Å². The van der Waals surface area contributed by atoms with Crippen molar-refractivity contribution in [2.45, 2.75) is 39.7 Å². The van der Waals surface area contributed by atoms with Gasteiger partial charge in [-0.25, -0.2) is 0 Å². The zero-order chi connectivity index (χ0) is 19.6. The summed E-state index contributed by atoms with van der Waals surface area (Å²) in [5.41, 5.74) is 9.40. The van der Waals surface area contributed by atoms with Crippen molar-refractivity contribution in [1.29, 1.82) is 0 Å². The maximum Gasteiger partial charge on any atom is 0.313 e. The van der Waals surface area contributed by atoms with E-state index < -0.39 is 11.8 Å². The number of aromatic nitrogens is 2.